The van der Waals surface area contributed by atoms with Crippen molar-refractivity contribution in [1.82, 2.24) is 15.2 Å². The first kappa shape index (κ1) is 13.1. The van der Waals surface area contributed by atoms with Crippen molar-refractivity contribution in [2.45, 2.75) is 25.7 Å². The van der Waals surface area contributed by atoms with E-state index in [4.69, 9.17) is 9.52 Å². The van der Waals surface area contributed by atoms with Crippen LogP contribution >= 0.6 is 0 Å². The fraction of sp³-hybridized carbons (Fsp3) is 0.333. The van der Waals surface area contributed by atoms with Crippen LogP contribution in [0.25, 0.3) is 11.6 Å². The molecule has 0 spiro atoms. The number of carbonyl (C=O) groups is 1. The number of aliphatic carboxylic acids is 1. The number of carboxylic acid groups (broad SMARTS) is 1. The van der Waals surface area contributed by atoms with Gasteiger partial charge in [0.05, 0.1) is 6.20 Å². The van der Waals surface area contributed by atoms with E-state index in [2.05, 4.69) is 15.2 Å². The highest BCUT2D eigenvalue weighted by Gasteiger charge is 2.09. The van der Waals surface area contributed by atoms with E-state index in [0.29, 0.717) is 30.8 Å². The molecule has 0 amide bonds. The minimum Gasteiger partial charge on any atom is -0.481 e. The van der Waals surface area contributed by atoms with Gasteiger partial charge in [0.1, 0.15) is 11.5 Å². The van der Waals surface area contributed by atoms with Crippen LogP contribution in [0.4, 0.5) is 4.39 Å². The second kappa shape index (κ2) is 6.03. The molecule has 0 atom stereocenters. The van der Waals surface area contributed by atoms with Crippen molar-refractivity contribution >= 4 is 5.97 Å². The van der Waals surface area contributed by atoms with Crippen molar-refractivity contribution in [2.24, 2.45) is 0 Å². The molecule has 0 saturated carbocycles. The third-order valence-corrected chi connectivity index (χ3v) is 2.44. The molecule has 2 rings (SSSR count). The average Bonchev–Trinajstić information content (AvgIpc) is 2.84. The first-order valence-electron chi connectivity index (χ1n) is 5.81. The maximum Gasteiger partial charge on any atom is 0.303 e. The zero-order valence-corrected chi connectivity index (χ0v) is 10.0. The van der Waals surface area contributed by atoms with Gasteiger partial charge < -0.3 is 9.52 Å². The largest absolute Gasteiger partial charge is 0.481 e. The van der Waals surface area contributed by atoms with E-state index in [1.165, 1.54) is 12.1 Å². The molecule has 0 saturated heterocycles. The number of halogens is 1. The Morgan fingerprint density at radius 2 is 2.16 bits per heavy atom. The third-order valence-electron chi connectivity index (χ3n) is 2.44. The minimum atomic E-state index is -0.818. The summed E-state index contributed by atoms with van der Waals surface area (Å²) in [5.41, 5.74) is 0.408. The fourth-order valence-corrected chi connectivity index (χ4v) is 1.51. The zero-order valence-electron chi connectivity index (χ0n) is 10.0. The molecule has 6 nitrogen and oxygen atoms in total. The van der Waals surface area contributed by atoms with Gasteiger partial charge in [-0.25, -0.2) is 9.37 Å². The molecule has 2 aromatic heterocycles. The van der Waals surface area contributed by atoms with Crippen LogP contribution in [0, 0.1) is 5.82 Å². The lowest BCUT2D eigenvalue weighted by molar-refractivity contribution is -0.137. The number of aryl methyl sites for hydroxylation is 1. The van der Waals surface area contributed by atoms with Crippen LogP contribution in [0.3, 0.4) is 0 Å². The molecule has 0 unspecified atom stereocenters. The summed E-state index contributed by atoms with van der Waals surface area (Å²) in [5.74, 6) is -0.598. The van der Waals surface area contributed by atoms with Gasteiger partial charge in [-0.1, -0.05) is 0 Å². The minimum absolute atomic E-state index is 0.126. The number of aromatic nitrogens is 3. The van der Waals surface area contributed by atoms with Gasteiger partial charge in [-0.2, -0.15) is 0 Å². The molecule has 0 aliphatic carbocycles. The standard InChI is InChI=1S/C12H12FN3O3/c13-8-5-6-9(14-7-8)12-16-15-10(19-12)3-1-2-4-11(17)18/h5-7H,1-4H2,(H,17,18). The van der Waals surface area contributed by atoms with Crippen molar-refractivity contribution in [3.8, 4) is 11.6 Å². The number of hydrogen-bond donors (Lipinski definition) is 1. The topological polar surface area (TPSA) is 89.1 Å². The fourth-order valence-electron chi connectivity index (χ4n) is 1.51. The molecule has 0 fully saturated rings. The van der Waals surface area contributed by atoms with Crippen molar-refractivity contribution in [3.05, 3.63) is 30.0 Å². The van der Waals surface area contributed by atoms with E-state index in [9.17, 15) is 9.18 Å². The van der Waals surface area contributed by atoms with Crippen molar-refractivity contribution in [1.29, 1.82) is 0 Å². The van der Waals surface area contributed by atoms with Gasteiger partial charge in [0.25, 0.3) is 5.89 Å². The number of hydrogen-bond acceptors (Lipinski definition) is 5. The molecule has 0 radical (unpaired) electrons. The van der Waals surface area contributed by atoms with E-state index in [0.717, 1.165) is 6.20 Å². The summed E-state index contributed by atoms with van der Waals surface area (Å²) in [4.78, 5) is 14.2. The predicted molar refractivity (Wildman–Crippen MR) is 62.7 cm³/mol. The molecule has 7 heteroatoms. The Bertz CT molecular complexity index is 554. The van der Waals surface area contributed by atoms with Gasteiger partial charge >= 0.3 is 5.97 Å². The highest BCUT2D eigenvalue weighted by Crippen LogP contribution is 2.16. The number of nitrogens with zero attached hydrogens (tertiary/aromatic N) is 3. The van der Waals surface area contributed by atoms with Crippen LogP contribution in [0.15, 0.2) is 22.7 Å². The quantitative estimate of drug-likeness (QED) is 0.804. The molecule has 19 heavy (non-hydrogen) atoms. The van der Waals surface area contributed by atoms with Gasteiger partial charge in [0.15, 0.2) is 0 Å². The molecule has 1 N–H and O–H groups in total. The Hall–Kier alpha value is -2.31. The van der Waals surface area contributed by atoms with Gasteiger partial charge in [0, 0.05) is 12.8 Å². The van der Waals surface area contributed by atoms with Gasteiger partial charge in [-0.3, -0.25) is 4.79 Å². The predicted octanol–water partition coefficient (Wildman–Crippen LogP) is 2.07. The van der Waals surface area contributed by atoms with E-state index < -0.39 is 11.8 Å². The number of pyridine rings is 1. The Morgan fingerprint density at radius 1 is 1.32 bits per heavy atom. The first-order chi connectivity index (χ1) is 9.15. The van der Waals surface area contributed by atoms with Crippen LogP contribution in [0.5, 0.6) is 0 Å². The summed E-state index contributed by atoms with van der Waals surface area (Å²) in [6.45, 7) is 0. The number of rotatable bonds is 6. The molecule has 0 aliphatic rings. The Morgan fingerprint density at radius 3 is 2.84 bits per heavy atom. The highest BCUT2D eigenvalue weighted by atomic mass is 19.1. The number of carboxylic acids is 1. The van der Waals surface area contributed by atoms with Crippen molar-refractivity contribution < 1.29 is 18.7 Å². The second-order valence-corrected chi connectivity index (χ2v) is 3.96. The summed E-state index contributed by atoms with van der Waals surface area (Å²) in [5, 5.41) is 16.1. The van der Waals surface area contributed by atoms with Crippen molar-refractivity contribution in [3.63, 3.8) is 0 Å². The highest BCUT2D eigenvalue weighted by molar-refractivity contribution is 5.66. The Kier molecular flexibility index (Phi) is 4.17. The monoisotopic (exact) mass is 265 g/mol. The van der Waals surface area contributed by atoms with Gasteiger partial charge in [-0.05, 0) is 25.0 Å². The summed E-state index contributed by atoms with van der Waals surface area (Å²) < 4.78 is 18.1. The van der Waals surface area contributed by atoms with E-state index in [1.54, 1.807) is 0 Å². The lowest BCUT2D eigenvalue weighted by atomic mass is 10.2. The molecular weight excluding hydrogens is 253 g/mol. The van der Waals surface area contributed by atoms with Crippen molar-refractivity contribution in [2.75, 3.05) is 0 Å². The van der Waals surface area contributed by atoms with E-state index in [1.807, 2.05) is 0 Å². The summed E-state index contributed by atoms with van der Waals surface area (Å²) in [7, 11) is 0. The zero-order chi connectivity index (χ0) is 13.7. The second-order valence-electron chi connectivity index (χ2n) is 3.96. The molecule has 100 valence electrons. The average molecular weight is 265 g/mol. The summed E-state index contributed by atoms with van der Waals surface area (Å²) in [6.07, 6.45) is 2.93. The van der Waals surface area contributed by atoms with Crippen LogP contribution in [0.2, 0.25) is 0 Å². The first-order valence-corrected chi connectivity index (χ1v) is 5.81. The van der Waals surface area contributed by atoms with Gasteiger partial charge in [0.2, 0.25) is 5.89 Å². The maximum absolute atomic E-state index is 12.7. The Labute approximate surface area is 108 Å². The number of unbranched alkanes of at least 4 members (excludes halogenated alkanes) is 1. The molecule has 0 bridgehead atoms. The lowest BCUT2D eigenvalue weighted by Crippen LogP contribution is -1.95. The summed E-state index contributed by atoms with van der Waals surface area (Å²) in [6, 6.07) is 2.72. The van der Waals surface area contributed by atoms with Crippen LogP contribution < -0.4 is 0 Å². The molecule has 2 aromatic rings. The van der Waals surface area contributed by atoms with Gasteiger partial charge in [-0.15, -0.1) is 10.2 Å². The summed E-state index contributed by atoms with van der Waals surface area (Å²) >= 11 is 0. The van der Waals surface area contributed by atoms with Crippen LogP contribution in [-0.2, 0) is 11.2 Å². The van der Waals surface area contributed by atoms with E-state index >= 15 is 0 Å². The van der Waals surface area contributed by atoms with Crippen LogP contribution in [0.1, 0.15) is 25.2 Å². The SMILES string of the molecule is O=C(O)CCCCc1nnc(-c2ccc(F)cn2)o1. The van der Waals surface area contributed by atoms with Crippen LogP contribution in [-0.4, -0.2) is 26.3 Å². The maximum atomic E-state index is 12.7. The molecule has 0 aliphatic heterocycles. The van der Waals surface area contributed by atoms with E-state index in [-0.39, 0.29) is 12.3 Å². The smallest absolute Gasteiger partial charge is 0.303 e. The lowest BCUT2D eigenvalue weighted by Gasteiger charge is -1.94. The third kappa shape index (κ3) is 3.84. The normalized spacial score (nSPS) is 10.6. The molecule has 2 heterocycles. The molecule has 0 aromatic carbocycles. The Balaban J connectivity index is 1.91. The molecular formula is C12H12FN3O3.